The fourth-order valence-corrected chi connectivity index (χ4v) is 7.07. The zero-order chi connectivity index (χ0) is 15.1. The van der Waals surface area contributed by atoms with E-state index in [4.69, 9.17) is 5.73 Å². The number of likely N-dealkylation sites (tertiary alicyclic amines) is 1. The van der Waals surface area contributed by atoms with Crippen LogP contribution in [0.15, 0.2) is 0 Å². The van der Waals surface area contributed by atoms with Crippen LogP contribution in [-0.4, -0.2) is 40.3 Å². The van der Waals surface area contributed by atoms with Crippen LogP contribution in [0.4, 0.5) is 0 Å². The lowest BCUT2D eigenvalue weighted by Gasteiger charge is -2.62. The molecule has 5 aliphatic carbocycles. The summed E-state index contributed by atoms with van der Waals surface area (Å²) in [6.07, 6.45) is 8.99. The van der Waals surface area contributed by atoms with Crippen molar-refractivity contribution in [3.05, 3.63) is 0 Å². The molecule has 0 amide bonds. The van der Waals surface area contributed by atoms with E-state index in [0.29, 0.717) is 17.9 Å². The molecule has 0 aromatic carbocycles. The molecule has 5 saturated carbocycles. The summed E-state index contributed by atoms with van der Waals surface area (Å²) in [4.78, 5) is 2.40. The minimum atomic E-state index is -0.427. The molecule has 22 heavy (non-hydrogen) atoms. The molecule has 120 valence electrons. The Hall–Kier alpha value is -0.630. The monoisotopic (exact) mass is 301 g/mol. The summed E-state index contributed by atoms with van der Waals surface area (Å²) in [5.41, 5.74) is 6.46. The van der Waals surface area contributed by atoms with Gasteiger partial charge in [0.25, 0.3) is 0 Å². The van der Waals surface area contributed by atoms with Crippen LogP contribution < -0.4 is 5.73 Å². The molecule has 4 nitrogen and oxygen atoms in total. The van der Waals surface area contributed by atoms with Crippen LogP contribution in [0.25, 0.3) is 0 Å². The summed E-state index contributed by atoms with van der Waals surface area (Å²) in [5, 5.41) is 20.3. The maximum absolute atomic E-state index is 10.9. The summed E-state index contributed by atoms with van der Waals surface area (Å²) in [5.74, 6) is 2.14. The molecule has 3 N–H and O–H groups in total. The lowest BCUT2D eigenvalue weighted by Crippen LogP contribution is -2.63. The van der Waals surface area contributed by atoms with Gasteiger partial charge in [0.05, 0.1) is 17.7 Å². The highest BCUT2D eigenvalue weighted by Gasteiger charge is 2.60. The zero-order valence-corrected chi connectivity index (χ0v) is 13.2. The van der Waals surface area contributed by atoms with Crippen molar-refractivity contribution in [2.24, 2.45) is 28.9 Å². The van der Waals surface area contributed by atoms with Gasteiger partial charge in [-0.3, -0.25) is 4.90 Å². The van der Waals surface area contributed by atoms with Crippen LogP contribution in [-0.2, 0) is 0 Å². The standard InChI is InChI=1S/C18H27N3O/c19-8-14-2-13-3-15(13)21(14)9-16(20)17-4-11-1-12(5-17)7-18(22,6-11)10-17/h11-16,22H,1-7,9-10,20H2/t11?,12?,13-,14+,15?,16-,17?,18?/m1/s1. The van der Waals surface area contributed by atoms with Gasteiger partial charge in [0, 0.05) is 18.6 Å². The van der Waals surface area contributed by atoms with Crippen LogP contribution >= 0.6 is 0 Å². The molecule has 1 aliphatic heterocycles. The molecule has 0 aromatic rings. The average Bonchev–Trinajstić information content (AvgIpc) is 3.11. The lowest BCUT2D eigenvalue weighted by molar-refractivity contribution is -0.172. The lowest BCUT2D eigenvalue weighted by atomic mass is 9.46. The minimum Gasteiger partial charge on any atom is -0.390 e. The smallest absolute Gasteiger partial charge is 0.0984 e. The highest BCUT2D eigenvalue weighted by molar-refractivity contribution is 5.16. The van der Waals surface area contributed by atoms with Crippen molar-refractivity contribution in [1.82, 2.24) is 4.90 Å². The molecular weight excluding hydrogens is 274 g/mol. The second-order valence-electron chi connectivity index (χ2n) is 9.29. The van der Waals surface area contributed by atoms with Crippen molar-refractivity contribution < 1.29 is 5.11 Å². The van der Waals surface area contributed by atoms with E-state index in [-0.39, 0.29) is 17.5 Å². The van der Waals surface area contributed by atoms with E-state index in [1.807, 2.05) is 0 Å². The SMILES string of the molecule is N#C[C@@H]1C[C@@H]2CC2N1C[C@@H](N)C12CC3CC(CC(O)(C3)C1)C2. The van der Waals surface area contributed by atoms with E-state index in [2.05, 4.69) is 11.0 Å². The van der Waals surface area contributed by atoms with E-state index >= 15 is 0 Å². The number of hydrogen-bond acceptors (Lipinski definition) is 4. The van der Waals surface area contributed by atoms with Crippen LogP contribution in [0, 0.1) is 34.5 Å². The van der Waals surface area contributed by atoms with Crippen LogP contribution in [0.2, 0.25) is 0 Å². The Balaban J connectivity index is 1.37. The molecule has 0 spiro atoms. The third kappa shape index (κ3) is 1.85. The first-order valence-electron chi connectivity index (χ1n) is 9.14. The Morgan fingerprint density at radius 3 is 2.55 bits per heavy atom. The van der Waals surface area contributed by atoms with E-state index in [9.17, 15) is 10.4 Å². The van der Waals surface area contributed by atoms with Gasteiger partial charge < -0.3 is 10.8 Å². The number of aliphatic hydroxyl groups is 1. The second kappa shape index (κ2) is 4.26. The van der Waals surface area contributed by atoms with Gasteiger partial charge in [0.15, 0.2) is 0 Å². The Kier molecular flexibility index (Phi) is 2.67. The van der Waals surface area contributed by atoms with Gasteiger partial charge in [0.1, 0.15) is 0 Å². The normalized spacial score (nSPS) is 56.7. The number of hydrogen-bond donors (Lipinski definition) is 2. The fourth-order valence-electron chi connectivity index (χ4n) is 7.07. The van der Waals surface area contributed by atoms with Crippen molar-refractivity contribution in [2.75, 3.05) is 6.54 Å². The maximum atomic E-state index is 10.9. The highest BCUT2D eigenvalue weighted by Crippen LogP contribution is 2.62. The number of rotatable bonds is 3. The van der Waals surface area contributed by atoms with Crippen molar-refractivity contribution in [3.8, 4) is 6.07 Å². The second-order valence-corrected chi connectivity index (χ2v) is 9.29. The number of piperidine rings is 1. The average molecular weight is 301 g/mol. The molecule has 6 rings (SSSR count). The van der Waals surface area contributed by atoms with Crippen LogP contribution in [0.1, 0.15) is 51.4 Å². The van der Waals surface area contributed by atoms with Crippen molar-refractivity contribution in [3.63, 3.8) is 0 Å². The quantitative estimate of drug-likeness (QED) is 0.831. The molecular formula is C18H27N3O. The Morgan fingerprint density at radius 1 is 1.18 bits per heavy atom. The van der Waals surface area contributed by atoms with E-state index in [0.717, 1.165) is 38.1 Å². The summed E-state index contributed by atoms with van der Waals surface area (Å²) in [6.45, 7) is 0.870. The van der Waals surface area contributed by atoms with E-state index < -0.39 is 5.60 Å². The Bertz CT molecular complexity index is 527. The predicted molar refractivity (Wildman–Crippen MR) is 82.7 cm³/mol. The largest absolute Gasteiger partial charge is 0.390 e. The van der Waals surface area contributed by atoms with Crippen LogP contribution in [0.3, 0.4) is 0 Å². The molecule has 3 unspecified atom stereocenters. The first kappa shape index (κ1) is 13.8. The van der Waals surface area contributed by atoms with Gasteiger partial charge in [-0.1, -0.05) is 0 Å². The van der Waals surface area contributed by atoms with Gasteiger partial charge in [-0.2, -0.15) is 5.26 Å². The summed E-state index contributed by atoms with van der Waals surface area (Å²) >= 11 is 0. The van der Waals surface area contributed by atoms with Crippen molar-refractivity contribution >= 4 is 0 Å². The molecule has 6 fully saturated rings. The van der Waals surface area contributed by atoms with Gasteiger partial charge >= 0.3 is 0 Å². The summed E-state index contributed by atoms with van der Waals surface area (Å²) < 4.78 is 0. The minimum absolute atomic E-state index is 0.0896. The zero-order valence-electron chi connectivity index (χ0n) is 13.2. The first-order chi connectivity index (χ1) is 10.5. The maximum Gasteiger partial charge on any atom is 0.0984 e. The molecule has 1 saturated heterocycles. The Morgan fingerprint density at radius 2 is 1.91 bits per heavy atom. The molecule has 6 aliphatic rings. The predicted octanol–water partition coefficient (Wildman–Crippen LogP) is 1.63. The molecule has 0 aromatic heterocycles. The van der Waals surface area contributed by atoms with Crippen LogP contribution in [0.5, 0.6) is 0 Å². The number of nitriles is 1. The molecule has 4 bridgehead atoms. The van der Waals surface area contributed by atoms with E-state index in [1.165, 1.54) is 25.7 Å². The molecule has 0 radical (unpaired) electrons. The topological polar surface area (TPSA) is 73.3 Å². The fraction of sp³-hybridized carbons (Fsp3) is 0.944. The summed E-state index contributed by atoms with van der Waals surface area (Å²) in [6, 6.07) is 3.33. The van der Waals surface area contributed by atoms with E-state index in [1.54, 1.807) is 0 Å². The third-order valence-corrected chi connectivity index (χ3v) is 7.66. The molecule has 4 heteroatoms. The third-order valence-electron chi connectivity index (χ3n) is 7.66. The number of fused-ring (bicyclic) bond motifs is 1. The summed E-state index contributed by atoms with van der Waals surface area (Å²) in [7, 11) is 0. The molecule has 1 heterocycles. The highest BCUT2D eigenvalue weighted by atomic mass is 16.3. The van der Waals surface area contributed by atoms with Gasteiger partial charge in [-0.05, 0) is 74.5 Å². The number of nitrogens with two attached hydrogens (primary N) is 1. The Labute approximate surface area is 132 Å². The van der Waals surface area contributed by atoms with Gasteiger partial charge in [0.2, 0.25) is 0 Å². The first-order valence-corrected chi connectivity index (χ1v) is 9.14. The van der Waals surface area contributed by atoms with Gasteiger partial charge in [-0.15, -0.1) is 0 Å². The van der Waals surface area contributed by atoms with Crippen molar-refractivity contribution in [1.29, 1.82) is 5.26 Å². The number of nitrogens with zero attached hydrogens (tertiary/aromatic N) is 2. The van der Waals surface area contributed by atoms with Crippen molar-refractivity contribution in [2.45, 2.75) is 75.1 Å². The van der Waals surface area contributed by atoms with Gasteiger partial charge in [-0.25, -0.2) is 0 Å². The molecule has 6 atom stereocenters.